The highest BCUT2D eigenvalue weighted by Crippen LogP contribution is 2.41. The topological polar surface area (TPSA) is 63.1 Å². The van der Waals surface area contributed by atoms with Gasteiger partial charge in [-0.25, -0.2) is 9.67 Å². The van der Waals surface area contributed by atoms with E-state index in [-0.39, 0.29) is 11.4 Å². The van der Waals surface area contributed by atoms with Crippen molar-refractivity contribution in [2.45, 2.75) is 78.2 Å². The number of piperidine rings is 1. The number of likely N-dealkylation sites (tertiary alicyclic amines) is 1. The number of hydrogen-bond donors (Lipinski definition) is 1. The Kier molecular flexibility index (Phi) is 5.88. The van der Waals surface area contributed by atoms with Gasteiger partial charge in [-0.3, -0.25) is 4.79 Å². The number of carbonyl (C=O) groups is 1. The Morgan fingerprint density at radius 2 is 1.93 bits per heavy atom. The molecular formula is C24H37N5O. The van der Waals surface area contributed by atoms with E-state index in [1.54, 1.807) is 0 Å². The van der Waals surface area contributed by atoms with E-state index >= 15 is 0 Å². The Hall–Kier alpha value is -1.95. The lowest BCUT2D eigenvalue weighted by Crippen LogP contribution is -2.38. The van der Waals surface area contributed by atoms with Crippen LogP contribution in [0.4, 0.5) is 0 Å². The zero-order valence-electron chi connectivity index (χ0n) is 19.3. The van der Waals surface area contributed by atoms with Gasteiger partial charge in [0, 0.05) is 24.7 Å². The van der Waals surface area contributed by atoms with Crippen molar-refractivity contribution < 1.29 is 4.79 Å². The van der Waals surface area contributed by atoms with Crippen molar-refractivity contribution in [1.29, 1.82) is 0 Å². The number of amides is 1. The monoisotopic (exact) mass is 411 g/mol. The Balaban J connectivity index is 1.56. The van der Waals surface area contributed by atoms with Crippen LogP contribution in [0.1, 0.15) is 87.5 Å². The Morgan fingerprint density at radius 3 is 2.57 bits per heavy atom. The number of fused-ring (bicyclic) bond motifs is 1. The second-order valence-corrected chi connectivity index (χ2v) is 10.4. The molecule has 1 aliphatic heterocycles. The molecule has 0 spiro atoms. The number of rotatable bonds is 6. The van der Waals surface area contributed by atoms with Gasteiger partial charge in [0.05, 0.1) is 22.2 Å². The molecule has 164 valence electrons. The van der Waals surface area contributed by atoms with Crippen molar-refractivity contribution in [3.8, 4) is 0 Å². The highest BCUT2D eigenvalue weighted by Gasteiger charge is 2.30. The molecule has 0 bridgehead atoms. The third-order valence-corrected chi connectivity index (χ3v) is 6.34. The van der Waals surface area contributed by atoms with E-state index in [0.29, 0.717) is 18.4 Å². The van der Waals surface area contributed by atoms with Gasteiger partial charge in [-0.15, -0.1) is 0 Å². The largest absolute Gasteiger partial charge is 0.352 e. The molecule has 3 heterocycles. The van der Waals surface area contributed by atoms with E-state index in [2.05, 4.69) is 37.9 Å². The number of carbonyl (C=O) groups excluding carboxylic acids is 1. The molecule has 1 aliphatic carbocycles. The van der Waals surface area contributed by atoms with Crippen LogP contribution in [0.3, 0.4) is 0 Å². The fourth-order valence-electron chi connectivity index (χ4n) is 4.55. The highest BCUT2D eigenvalue weighted by atomic mass is 16.1. The molecule has 2 aliphatic rings. The smallest absolute Gasteiger partial charge is 0.252 e. The average Bonchev–Trinajstić information content (AvgIpc) is 3.49. The van der Waals surface area contributed by atoms with E-state index in [1.165, 1.54) is 32.4 Å². The van der Waals surface area contributed by atoms with Crippen LogP contribution in [0, 0.1) is 12.8 Å². The summed E-state index contributed by atoms with van der Waals surface area (Å²) < 4.78 is 1.99. The van der Waals surface area contributed by atoms with Gasteiger partial charge in [-0.05, 0) is 78.5 Å². The molecule has 2 fully saturated rings. The van der Waals surface area contributed by atoms with Crippen molar-refractivity contribution in [2.75, 3.05) is 26.2 Å². The number of hydrogen-bond acceptors (Lipinski definition) is 4. The van der Waals surface area contributed by atoms with Gasteiger partial charge in [0.25, 0.3) is 5.91 Å². The molecule has 0 radical (unpaired) electrons. The minimum Gasteiger partial charge on any atom is -0.352 e. The summed E-state index contributed by atoms with van der Waals surface area (Å²) in [6.07, 6.45) is 6.28. The van der Waals surface area contributed by atoms with E-state index in [4.69, 9.17) is 10.1 Å². The van der Waals surface area contributed by atoms with Gasteiger partial charge in [-0.2, -0.15) is 5.10 Å². The summed E-state index contributed by atoms with van der Waals surface area (Å²) in [5.74, 6) is 0.930. The predicted molar refractivity (Wildman–Crippen MR) is 121 cm³/mol. The Morgan fingerprint density at radius 1 is 1.23 bits per heavy atom. The summed E-state index contributed by atoms with van der Waals surface area (Å²) in [5, 5.41) is 8.88. The third kappa shape index (κ3) is 4.53. The van der Waals surface area contributed by atoms with Crippen molar-refractivity contribution in [1.82, 2.24) is 25.0 Å². The summed E-state index contributed by atoms with van der Waals surface area (Å²) in [6.45, 7) is 14.8. The van der Waals surface area contributed by atoms with E-state index in [1.807, 2.05) is 17.7 Å². The molecule has 0 aromatic carbocycles. The van der Waals surface area contributed by atoms with Crippen LogP contribution >= 0.6 is 0 Å². The molecule has 1 saturated heterocycles. The van der Waals surface area contributed by atoms with Gasteiger partial charge >= 0.3 is 0 Å². The van der Waals surface area contributed by atoms with Crippen LogP contribution in [0.15, 0.2) is 6.07 Å². The van der Waals surface area contributed by atoms with E-state index in [9.17, 15) is 4.79 Å². The molecule has 6 heteroatoms. The van der Waals surface area contributed by atoms with Crippen LogP contribution < -0.4 is 5.32 Å². The summed E-state index contributed by atoms with van der Waals surface area (Å²) in [5.41, 5.74) is 3.31. The van der Waals surface area contributed by atoms with Crippen LogP contribution in [0.25, 0.3) is 11.0 Å². The zero-order chi connectivity index (χ0) is 21.5. The van der Waals surface area contributed by atoms with Gasteiger partial charge < -0.3 is 10.2 Å². The van der Waals surface area contributed by atoms with Gasteiger partial charge in [0.2, 0.25) is 0 Å². The molecule has 1 amide bonds. The van der Waals surface area contributed by atoms with E-state index < -0.39 is 0 Å². The zero-order valence-corrected chi connectivity index (χ0v) is 19.3. The van der Waals surface area contributed by atoms with Crippen molar-refractivity contribution in [3.63, 3.8) is 0 Å². The second kappa shape index (κ2) is 8.29. The number of nitrogens with zero attached hydrogens (tertiary/aromatic N) is 4. The summed E-state index contributed by atoms with van der Waals surface area (Å²) in [6, 6.07) is 2.02. The minimum atomic E-state index is -0.182. The quantitative estimate of drug-likeness (QED) is 0.773. The number of aromatic nitrogens is 3. The van der Waals surface area contributed by atoms with Crippen LogP contribution in [-0.2, 0) is 5.54 Å². The first kappa shape index (κ1) is 21.3. The maximum absolute atomic E-state index is 13.3. The molecule has 4 rings (SSSR count). The maximum atomic E-state index is 13.3. The average molecular weight is 412 g/mol. The standard InChI is InChI=1S/C24H37N5O/c1-16(15-28-11-7-6-8-12-28)14-25-23(30)19-13-20(18-9-10-18)26-22-21(19)17(2)27-29(22)24(3,4)5/h13,16,18H,6-12,14-15H2,1-5H3,(H,25,30). The third-order valence-electron chi connectivity index (χ3n) is 6.34. The summed E-state index contributed by atoms with van der Waals surface area (Å²) >= 11 is 0. The van der Waals surface area contributed by atoms with Gasteiger partial charge in [0.1, 0.15) is 0 Å². The molecule has 1 saturated carbocycles. The molecule has 1 atom stereocenters. The van der Waals surface area contributed by atoms with Crippen LogP contribution in [0.2, 0.25) is 0 Å². The number of pyridine rings is 1. The first-order chi connectivity index (χ1) is 14.2. The first-order valence-corrected chi connectivity index (χ1v) is 11.7. The summed E-state index contributed by atoms with van der Waals surface area (Å²) in [4.78, 5) is 20.8. The molecule has 30 heavy (non-hydrogen) atoms. The van der Waals surface area contributed by atoms with E-state index in [0.717, 1.165) is 47.4 Å². The molecule has 2 aromatic rings. The first-order valence-electron chi connectivity index (χ1n) is 11.7. The fraction of sp³-hybridized carbons (Fsp3) is 0.708. The number of aryl methyl sites for hydroxylation is 1. The Bertz CT molecular complexity index is 916. The van der Waals surface area contributed by atoms with Crippen molar-refractivity contribution in [3.05, 3.63) is 23.0 Å². The molecule has 1 unspecified atom stereocenters. The fourth-order valence-corrected chi connectivity index (χ4v) is 4.55. The lowest BCUT2D eigenvalue weighted by molar-refractivity contribution is 0.0944. The lowest BCUT2D eigenvalue weighted by atomic mass is 10.0. The van der Waals surface area contributed by atoms with Crippen molar-refractivity contribution >= 4 is 16.9 Å². The highest BCUT2D eigenvalue weighted by molar-refractivity contribution is 6.06. The van der Waals surface area contributed by atoms with Gasteiger partial charge in [0.15, 0.2) is 5.65 Å². The SMILES string of the molecule is Cc1nn(C(C)(C)C)c2nc(C3CC3)cc(C(=O)NCC(C)CN3CCCCC3)c12. The predicted octanol–water partition coefficient (Wildman–Crippen LogP) is 4.22. The van der Waals surface area contributed by atoms with Crippen LogP contribution in [0.5, 0.6) is 0 Å². The number of nitrogens with one attached hydrogen (secondary N) is 1. The minimum absolute atomic E-state index is 0.00588. The molecule has 1 N–H and O–H groups in total. The molecular weight excluding hydrogens is 374 g/mol. The second-order valence-electron chi connectivity index (χ2n) is 10.4. The summed E-state index contributed by atoms with van der Waals surface area (Å²) in [7, 11) is 0. The van der Waals surface area contributed by atoms with Crippen molar-refractivity contribution in [2.24, 2.45) is 5.92 Å². The maximum Gasteiger partial charge on any atom is 0.252 e. The normalized spacial score (nSPS) is 19.2. The molecule has 2 aromatic heterocycles. The molecule has 6 nitrogen and oxygen atoms in total. The van der Waals surface area contributed by atoms with Gasteiger partial charge in [-0.1, -0.05) is 13.3 Å². The van der Waals surface area contributed by atoms with Crippen LogP contribution in [-0.4, -0.2) is 51.8 Å². The lowest BCUT2D eigenvalue weighted by Gasteiger charge is -2.29. The Labute approximate surface area is 180 Å².